The van der Waals surface area contributed by atoms with Crippen LogP contribution in [0.15, 0.2) is 248 Å². The van der Waals surface area contributed by atoms with Crippen molar-refractivity contribution in [2.75, 3.05) is 7.11 Å². The second kappa shape index (κ2) is 40.7. The first-order valence-corrected chi connectivity index (χ1v) is 51.6. The van der Waals surface area contributed by atoms with Gasteiger partial charge in [-0.25, -0.2) is 42.9 Å². The fourth-order valence-corrected chi connectivity index (χ4v) is 30.5. The highest BCUT2D eigenvalue weighted by Crippen LogP contribution is 2.42. The van der Waals surface area contributed by atoms with E-state index in [1.165, 1.54) is 97.0 Å². The van der Waals surface area contributed by atoms with Gasteiger partial charge in [0.1, 0.15) is 22.7 Å². The molecule has 0 atom stereocenters. The van der Waals surface area contributed by atoms with Crippen molar-refractivity contribution in [1.82, 2.24) is 0 Å². The van der Waals surface area contributed by atoms with Gasteiger partial charge in [-0.05, 0) is 267 Å². The number of allylic oxidation sites excluding steroid dienone is 1. The molecule has 4 aromatic heterocycles. The van der Waals surface area contributed by atoms with Crippen molar-refractivity contribution >= 4 is 96.2 Å². The summed E-state index contributed by atoms with van der Waals surface area (Å²) < 4.78 is 125. The van der Waals surface area contributed by atoms with E-state index in [1.54, 1.807) is 36.4 Å². The molecule has 8 aromatic carbocycles. The maximum Gasteiger partial charge on any atom is 0.337 e. The van der Waals surface area contributed by atoms with Crippen LogP contribution < -0.4 is 0 Å². The largest absolute Gasteiger partial charge is 0.465 e. The Labute approximate surface area is 727 Å². The first kappa shape index (κ1) is 89.3. The smallest absolute Gasteiger partial charge is 0.337 e. The molecule has 0 aliphatic heterocycles. The lowest BCUT2D eigenvalue weighted by molar-refractivity contribution is 0.0600. The van der Waals surface area contributed by atoms with E-state index < -0.39 is 39.3 Å². The average Bonchev–Trinajstić information content (AvgIpc) is 1.65. The van der Waals surface area contributed by atoms with E-state index in [4.69, 9.17) is 4.74 Å². The predicted octanol–water partition coefficient (Wildman–Crippen LogP) is 26.6. The van der Waals surface area contributed by atoms with Crippen molar-refractivity contribution in [3.63, 3.8) is 0 Å². The van der Waals surface area contributed by atoms with E-state index in [1.807, 2.05) is 111 Å². The molecular weight excluding hydrogens is 1650 g/mol. The summed E-state index contributed by atoms with van der Waals surface area (Å²) in [6, 6.07) is 73.6. The molecule has 0 saturated heterocycles. The van der Waals surface area contributed by atoms with Gasteiger partial charge in [0.25, 0.3) is 0 Å². The van der Waals surface area contributed by atoms with E-state index in [-0.39, 0.29) is 32.8 Å². The quantitative estimate of drug-likeness (QED) is 0.0597. The molecule has 4 aliphatic carbocycles. The first-order valence-electron chi connectivity index (χ1n) is 42.1. The molecule has 19 heteroatoms. The maximum atomic E-state index is 14.2. The summed E-state index contributed by atoms with van der Waals surface area (Å²) in [5, 5.41) is -0.874. The van der Waals surface area contributed by atoms with Crippen LogP contribution in [-0.2, 0) is 69.8 Å². The Morgan fingerprint density at radius 3 is 1.05 bits per heavy atom. The van der Waals surface area contributed by atoms with Crippen LogP contribution in [0.1, 0.15) is 218 Å². The molecule has 10 nitrogen and oxygen atoms in total. The maximum absolute atomic E-state index is 14.2. The van der Waals surface area contributed by atoms with Crippen LogP contribution in [0.25, 0.3) is 47.3 Å². The van der Waals surface area contributed by atoms with Gasteiger partial charge in [-0.1, -0.05) is 247 Å². The minimum atomic E-state index is -3.25. The number of halogens is 1. The molecule has 4 fully saturated rings. The Bertz CT molecular complexity index is 6060. The van der Waals surface area contributed by atoms with Crippen molar-refractivity contribution in [3.8, 4) is 41.8 Å². The van der Waals surface area contributed by atoms with Gasteiger partial charge < -0.3 is 4.74 Å². The first-order chi connectivity index (χ1) is 57.7. The van der Waals surface area contributed by atoms with Gasteiger partial charge in [0.05, 0.1) is 33.7 Å². The predicted molar refractivity (Wildman–Crippen MR) is 497 cm³/mol. The summed E-state index contributed by atoms with van der Waals surface area (Å²) in [4.78, 5) is 15.7. The molecule has 4 heterocycles. The lowest BCUT2D eigenvalue weighted by Gasteiger charge is -2.20. The molecule has 0 radical (unpaired) electrons. The van der Waals surface area contributed by atoms with Crippen molar-refractivity contribution in [2.24, 2.45) is 0 Å². The minimum absolute atomic E-state index is 0.188. The molecule has 0 bridgehead atoms. The van der Waals surface area contributed by atoms with Crippen LogP contribution >= 0.6 is 45.3 Å². The third kappa shape index (κ3) is 22.5. The second-order valence-corrected chi connectivity index (χ2v) is 46.9. The number of ether oxygens (including phenoxy) is 1. The number of sulfone groups is 4. The number of carbonyl (C=O) groups excluding carboxylic acids is 1. The van der Waals surface area contributed by atoms with Crippen molar-refractivity contribution in [1.29, 1.82) is 0 Å². The molecule has 0 spiro atoms. The van der Waals surface area contributed by atoms with Crippen molar-refractivity contribution in [3.05, 3.63) is 315 Å². The number of thiophene rings is 4. The molecule has 0 unspecified atom stereocenters. The van der Waals surface area contributed by atoms with Gasteiger partial charge in [-0.2, -0.15) is 0 Å². The second-order valence-electron chi connectivity index (χ2n) is 32.8. The Kier molecular flexibility index (Phi) is 30.2. The highest BCUT2D eigenvalue weighted by atomic mass is 32.3. The Balaban J connectivity index is 0.000000138. The molecule has 628 valence electrons. The third-order valence-electron chi connectivity index (χ3n) is 23.9. The summed E-state index contributed by atoms with van der Waals surface area (Å²) in [5.41, 5.74) is 20.7. The van der Waals surface area contributed by atoms with Gasteiger partial charge >= 0.3 is 5.97 Å². The SMILES string of the molecule is C=C(C)c1cc(Cc2cccc(-c3ccc(S(=O)(=O)C4CCCCC4)s3)c2)ccc1C.COC(=O)c1cccc(Cc2cccc(-c3ccc(S(=O)(=O)C4CCCCC4)s3)c2)c1.Cc1ccc(Cc2cccc(-c3ccc(S(=O)(=O)C4CCCCC4)s3)c2)c(F)c1.Cc1cccc(Cc2cccc(-c3ccc(S(=O)(=O)C4CCCCC4)s3)c2)c1C. The van der Waals surface area contributed by atoms with Crippen LogP contribution in [0.4, 0.5) is 4.39 Å². The number of rotatable bonds is 22. The van der Waals surface area contributed by atoms with Crippen LogP contribution in [-0.4, -0.2) is 67.8 Å². The number of methoxy groups -OCH3 is 1. The van der Waals surface area contributed by atoms with E-state index in [9.17, 15) is 42.9 Å². The van der Waals surface area contributed by atoms with Crippen molar-refractivity contribution in [2.45, 2.75) is 227 Å². The third-order valence-corrected chi connectivity index (χ3v) is 39.6. The summed E-state index contributed by atoms with van der Waals surface area (Å²) in [6.07, 6.45) is 21.9. The van der Waals surface area contributed by atoms with Gasteiger partial charge in [0, 0.05) is 25.9 Å². The summed E-state index contributed by atoms with van der Waals surface area (Å²) in [6.45, 7) is 14.5. The number of carbonyl (C=O) groups is 1. The van der Waals surface area contributed by atoms with E-state index in [0.717, 1.165) is 211 Å². The number of hydrogen-bond acceptors (Lipinski definition) is 14. The zero-order valence-corrected chi connectivity index (χ0v) is 76.1. The minimum Gasteiger partial charge on any atom is -0.465 e. The fourth-order valence-electron chi connectivity index (χ4n) is 16.9. The monoisotopic (exact) mass is 1760 g/mol. The number of benzene rings is 8. The van der Waals surface area contributed by atoms with Gasteiger partial charge in [-0.15, -0.1) is 45.3 Å². The highest BCUT2D eigenvalue weighted by Gasteiger charge is 2.35. The molecule has 12 aromatic rings. The van der Waals surface area contributed by atoms with Crippen LogP contribution in [0.3, 0.4) is 0 Å². The molecule has 4 saturated carbocycles. The zero-order chi connectivity index (χ0) is 84.7. The zero-order valence-electron chi connectivity index (χ0n) is 69.6. The van der Waals surface area contributed by atoms with E-state index in [2.05, 4.69) is 118 Å². The normalized spacial score (nSPS) is 15.3. The summed E-state index contributed by atoms with van der Waals surface area (Å²) in [7, 11) is -11.5. The molecule has 0 N–H and O–H groups in total. The summed E-state index contributed by atoms with van der Waals surface area (Å²) >= 11 is 5.54. The number of esters is 1. The molecular formula is C101H109FO10S8. The lowest BCUT2D eigenvalue weighted by Crippen LogP contribution is -2.23. The standard InChI is InChI=1S/C27H30O2S2.C25H26O4S2.C25H28O2S2.C24H25FO2S2/c1-19(2)25-18-22(13-12-20(25)3)16-21-8-7-9-23(17-21)26-14-15-27(30-26)31(28,29)24-10-5-4-6-11-24;1-29-25(26)21-10-6-8-19(17-21)15-18-7-5-9-20(16-18)23-13-14-24(30-23)31(27,28)22-11-3-2-4-12-22;1-18-8-6-10-21(19(18)2)16-20-9-7-11-22(17-20)24-14-15-25(28-24)29(26,27)23-12-4-3-5-13-23;1-17-10-11-19(22(25)14-17)15-18-6-5-7-20(16-18)23-12-13-24(28-23)29(26,27)21-8-3-2-4-9-21/h7-9,12-15,17-18,24H,1,4-6,10-11,16H2,2-3H3;5-10,13-14,16-17,22H,2-4,11-12,15H2,1H3;6-11,14-15,17,23H,3-5,12-13,16H2,1-2H3;5-7,10-14,16,21H,2-4,8-9,15H2,1H3. The van der Waals surface area contributed by atoms with Crippen LogP contribution in [0, 0.1) is 33.5 Å². The van der Waals surface area contributed by atoms with Crippen LogP contribution in [0.5, 0.6) is 0 Å². The van der Waals surface area contributed by atoms with Gasteiger partial charge in [0.2, 0.25) is 0 Å². The number of aryl methyl sites for hydroxylation is 3. The molecule has 120 heavy (non-hydrogen) atoms. The van der Waals surface area contributed by atoms with Crippen LogP contribution in [0.2, 0.25) is 0 Å². The molecule has 4 aliphatic rings. The molecule has 0 amide bonds. The average molecular weight is 1760 g/mol. The van der Waals surface area contributed by atoms with E-state index in [0.29, 0.717) is 40.8 Å². The fraction of sp³-hybridized carbons (Fsp3) is 0.337. The summed E-state index contributed by atoms with van der Waals surface area (Å²) in [5.74, 6) is -0.534. The molecule has 16 rings (SSSR count). The van der Waals surface area contributed by atoms with Crippen molar-refractivity contribution < 1.29 is 47.6 Å². The topological polar surface area (TPSA) is 163 Å². The lowest BCUT2D eigenvalue weighted by atomic mass is 9.96. The van der Waals surface area contributed by atoms with Gasteiger partial charge in [0.15, 0.2) is 39.3 Å². The number of hydrogen-bond donors (Lipinski definition) is 0. The highest BCUT2D eigenvalue weighted by molar-refractivity contribution is 7.95. The van der Waals surface area contributed by atoms with Gasteiger partial charge in [-0.3, -0.25) is 0 Å². The Morgan fingerprint density at radius 1 is 0.358 bits per heavy atom. The Hall–Kier alpha value is -8.50. The van der Waals surface area contributed by atoms with E-state index >= 15 is 0 Å². The Morgan fingerprint density at radius 2 is 0.692 bits per heavy atom.